The maximum atomic E-state index is 12.7. The Morgan fingerprint density at radius 1 is 1.14 bits per heavy atom. The molecule has 4 heteroatoms. The lowest BCUT2D eigenvalue weighted by Gasteiger charge is -2.31. The molecule has 1 aromatic rings. The van der Waals surface area contributed by atoms with Crippen molar-refractivity contribution in [2.45, 2.75) is 38.1 Å². The second-order valence-electron chi connectivity index (χ2n) is 6.04. The van der Waals surface area contributed by atoms with Crippen LogP contribution in [0.3, 0.4) is 0 Å². The third kappa shape index (κ3) is 3.98. The Bertz CT molecular complexity index is 445. The highest BCUT2D eigenvalue weighted by molar-refractivity contribution is 5.85. The fourth-order valence-electron chi connectivity index (χ4n) is 3.53. The maximum Gasteiger partial charge on any atom is 0.226 e. The molecule has 2 aliphatic heterocycles. The first-order chi connectivity index (χ1) is 9.84. The van der Waals surface area contributed by atoms with Gasteiger partial charge < -0.3 is 10.2 Å². The standard InChI is InChI=1S/C17H24N2O.ClH/c20-17(15-8-10-18-11-9-15)19-12-4-7-16(19)13-14-5-2-1-3-6-14;/h1-3,5-6,15-16,18H,4,7-13H2;1H. The number of halogens is 1. The van der Waals surface area contributed by atoms with Crippen LogP contribution in [0.25, 0.3) is 0 Å². The van der Waals surface area contributed by atoms with Gasteiger partial charge in [0.25, 0.3) is 0 Å². The van der Waals surface area contributed by atoms with Gasteiger partial charge in [0.05, 0.1) is 0 Å². The normalized spacial score (nSPS) is 22.9. The number of carbonyl (C=O) groups excluding carboxylic acids is 1. The van der Waals surface area contributed by atoms with Crippen LogP contribution in [0.5, 0.6) is 0 Å². The lowest BCUT2D eigenvalue weighted by molar-refractivity contribution is -0.137. The van der Waals surface area contributed by atoms with Crippen molar-refractivity contribution in [1.82, 2.24) is 10.2 Å². The first-order valence-electron chi connectivity index (χ1n) is 7.90. The van der Waals surface area contributed by atoms with Gasteiger partial charge in [-0.3, -0.25) is 4.79 Å². The molecule has 3 nitrogen and oxygen atoms in total. The zero-order valence-electron chi connectivity index (χ0n) is 12.5. The number of benzene rings is 1. The summed E-state index contributed by atoms with van der Waals surface area (Å²) in [4.78, 5) is 14.9. The molecule has 2 saturated heterocycles. The predicted molar refractivity (Wildman–Crippen MR) is 87.7 cm³/mol. The smallest absolute Gasteiger partial charge is 0.226 e. The van der Waals surface area contributed by atoms with E-state index in [9.17, 15) is 4.79 Å². The van der Waals surface area contributed by atoms with Crippen molar-refractivity contribution in [3.05, 3.63) is 35.9 Å². The first kappa shape index (κ1) is 16.3. The summed E-state index contributed by atoms with van der Waals surface area (Å²) < 4.78 is 0. The fourth-order valence-corrected chi connectivity index (χ4v) is 3.53. The van der Waals surface area contributed by atoms with Crippen LogP contribution in [-0.4, -0.2) is 36.5 Å². The van der Waals surface area contributed by atoms with Crippen LogP contribution in [0.1, 0.15) is 31.2 Å². The molecule has 3 rings (SSSR count). The molecule has 2 fully saturated rings. The van der Waals surface area contributed by atoms with Crippen molar-refractivity contribution >= 4 is 18.3 Å². The van der Waals surface area contributed by atoms with Gasteiger partial charge in [-0.25, -0.2) is 0 Å². The van der Waals surface area contributed by atoms with Crippen molar-refractivity contribution < 1.29 is 4.79 Å². The molecule has 116 valence electrons. The molecular formula is C17H25ClN2O. The minimum atomic E-state index is 0. The highest BCUT2D eigenvalue weighted by Crippen LogP contribution is 2.25. The number of nitrogens with one attached hydrogen (secondary N) is 1. The van der Waals surface area contributed by atoms with Gasteiger partial charge in [-0.2, -0.15) is 0 Å². The zero-order chi connectivity index (χ0) is 13.8. The molecule has 1 N–H and O–H groups in total. The summed E-state index contributed by atoms with van der Waals surface area (Å²) in [5, 5.41) is 3.34. The summed E-state index contributed by atoms with van der Waals surface area (Å²) in [6.45, 7) is 2.95. The van der Waals surface area contributed by atoms with Crippen LogP contribution < -0.4 is 5.32 Å². The van der Waals surface area contributed by atoms with Gasteiger partial charge in [0, 0.05) is 18.5 Å². The topological polar surface area (TPSA) is 32.3 Å². The number of hydrogen-bond acceptors (Lipinski definition) is 2. The quantitative estimate of drug-likeness (QED) is 0.931. The van der Waals surface area contributed by atoms with Crippen molar-refractivity contribution in [3.8, 4) is 0 Å². The van der Waals surface area contributed by atoms with E-state index >= 15 is 0 Å². The molecule has 1 atom stereocenters. The fraction of sp³-hybridized carbons (Fsp3) is 0.588. The minimum absolute atomic E-state index is 0. The molecule has 0 saturated carbocycles. The van der Waals surface area contributed by atoms with Gasteiger partial charge in [0.2, 0.25) is 5.91 Å². The molecule has 2 heterocycles. The molecule has 0 aliphatic carbocycles. The van der Waals surface area contributed by atoms with E-state index in [0.717, 1.165) is 51.7 Å². The van der Waals surface area contributed by atoms with Gasteiger partial charge in [-0.1, -0.05) is 30.3 Å². The van der Waals surface area contributed by atoms with Gasteiger partial charge in [0.15, 0.2) is 0 Å². The highest BCUT2D eigenvalue weighted by Gasteiger charge is 2.33. The van der Waals surface area contributed by atoms with Crippen molar-refractivity contribution in [3.63, 3.8) is 0 Å². The summed E-state index contributed by atoms with van der Waals surface area (Å²) in [6.07, 6.45) is 5.35. The van der Waals surface area contributed by atoms with E-state index in [0.29, 0.717) is 11.9 Å². The van der Waals surface area contributed by atoms with Crippen LogP contribution in [0.2, 0.25) is 0 Å². The van der Waals surface area contributed by atoms with E-state index in [1.807, 2.05) is 0 Å². The Hall–Kier alpha value is -1.06. The Kier molecular flexibility index (Phi) is 6.07. The minimum Gasteiger partial charge on any atom is -0.339 e. The van der Waals surface area contributed by atoms with Crippen LogP contribution in [0.4, 0.5) is 0 Å². The van der Waals surface area contributed by atoms with E-state index in [1.54, 1.807) is 0 Å². The largest absolute Gasteiger partial charge is 0.339 e. The van der Waals surface area contributed by atoms with Crippen molar-refractivity contribution in [1.29, 1.82) is 0 Å². The average Bonchev–Trinajstić information content (AvgIpc) is 2.96. The Morgan fingerprint density at radius 3 is 2.57 bits per heavy atom. The third-order valence-electron chi connectivity index (χ3n) is 4.66. The second-order valence-corrected chi connectivity index (χ2v) is 6.04. The lowest BCUT2D eigenvalue weighted by Crippen LogP contribution is -2.43. The zero-order valence-corrected chi connectivity index (χ0v) is 13.3. The Morgan fingerprint density at radius 2 is 1.86 bits per heavy atom. The monoisotopic (exact) mass is 308 g/mol. The molecule has 0 spiro atoms. The van der Waals surface area contributed by atoms with Gasteiger partial charge in [-0.05, 0) is 50.8 Å². The van der Waals surface area contributed by atoms with Gasteiger partial charge in [-0.15, -0.1) is 12.4 Å². The number of piperidine rings is 1. The predicted octanol–water partition coefficient (Wildman–Crippen LogP) is 2.64. The molecule has 1 unspecified atom stereocenters. The van der Waals surface area contributed by atoms with E-state index in [2.05, 4.69) is 40.5 Å². The average molecular weight is 309 g/mol. The second kappa shape index (κ2) is 7.81. The summed E-state index contributed by atoms with van der Waals surface area (Å²) in [5.41, 5.74) is 1.35. The van der Waals surface area contributed by atoms with E-state index in [-0.39, 0.29) is 18.3 Å². The number of hydrogen-bond donors (Lipinski definition) is 1. The number of amides is 1. The number of carbonyl (C=O) groups is 1. The van der Waals surface area contributed by atoms with Crippen LogP contribution in [-0.2, 0) is 11.2 Å². The molecule has 0 bridgehead atoms. The van der Waals surface area contributed by atoms with Crippen molar-refractivity contribution in [2.24, 2.45) is 5.92 Å². The van der Waals surface area contributed by atoms with E-state index in [1.165, 1.54) is 5.56 Å². The lowest BCUT2D eigenvalue weighted by atomic mass is 9.95. The summed E-state index contributed by atoms with van der Waals surface area (Å²) in [5.74, 6) is 0.664. The van der Waals surface area contributed by atoms with Gasteiger partial charge in [0.1, 0.15) is 0 Å². The molecule has 1 aromatic carbocycles. The van der Waals surface area contributed by atoms with E-state index < -0.39 is 0 Å². The summed E-state index contributed by atoms with van der Waals surface area (Å²) >= 11 is 0. The summed E-state index contributed by atoms with van der Waals surface area (Å²) in [6, 6.07) is 11.0. The van der Waals surface area contributed by atoms with Crippen LogP contribution >= 0.6 is 12.4 Å². The first-order valence-corrected chi connectivity index (χ1v) is 7.90. The number of likely N-dealkylation sites (tertiary alicyclic amines) is 1. The van der Waals surface area contributed by atoms with E-state index in [4.69, 9.17) is 0 Å². The van der Waals surface area contributed by atoms with Crippen molar-refractivity contribution in [2.75, 3.05) is 19.6 Å². The molecule has 0 radical (unpaired) electrons. The molecule has 1 amide bonds. The molecule has 0 aromatic heterocycles. The number of rotatable bonds is 3. The summed E-state index contributed by atoms with van der Waals surface area (Å²) in [7, 11) is 0. The van der Waals surface area contributed by atoms with Crippen LogP contribution in [0.15, 0.2) is 30.3 Å². The highest BCUT2D eigenvalue weighted by atomic mass is 35.5. The third-order valence-corrected chi connectivity index (χ3v) is 4.66. The number of nitrogens with zero attached hydrogens (tertiary/aromatic N) is 1. The van der Waals surface area contributed by atoms with Gasteiger partial charge >= 0.3 is 0 Å². The molecule has 2 aliphatic rings. The van der Waals surface area contributed by atoms with Crippen LogP contribution in [0, 0.1) is 5.92 Å². The Balaban J connectivity index is 0.00000161. The maximum absolute atomic E-state index is 12.7. The SMILES string of the molecule is Cl.O=C(C1CCNCC1)N1CCCC1Cc1ccccc1. The molecular weight excluding hydrogens is 284 g/mol. The Labute approximate surface area is 133 Å². The molecule has 21 heavy (non-hydrogen) atoms.